The first-order chi connectivity index (χ1) is 13.4. The fourth-order valence-corrected chi connectivity index (χ4v) is 3.51. The Morgan fingerprint density at radius 2 is 1.89 bits per heavy atom. The molecule has 6 heteroatoms. The van der Waals surface area contributed by atoms with Crippen LogP contribution in [0.15, 0.2) is 48.5 Å². The fourth-order valence-electron chi connectivity index (χ4n) is 3.51. The van der Waals surface area contributed by atoms with Gasteiger partial charge in [0.25, 0.3) is 5.91 Å². The van der Waals surface area contributed by atoms with Crippen molar-refractivity contribution in [3.05, 3.63) is 59.7 Å². The van der Waals surface area contributed by atoms with Crippen molar-refractivity contribution < 1.29 is 9.59 Å². The maximum absolute atomic E-state index is 12.7. The summed E-state index contributed by atoms with van der Waals surface area (Å²) in [6.45, 7) is 2.23. The molecule has 3 aromatic rings. The van der Waals surface area contributed by atoms with E-state index in [0.717, 1.165) is 40.1 Å². The number of nitrogens with zero attached hydrogens (tertiary/aromatic N) is 3. The highest BCUT2D eigenvalue weighted by Crippen LogP contribution is 2.29. The number of rotatable bonds is 3. The molecular weight excluding hydrogens is 352 g/mol. The van der Waals surface area contributed by atoms with Crippen LogP contribution in [0.3, 0.4) is 0 Å². The summed E-state index contributed by atoms with van der Waals surface area (Å²) in [5, 5.41) is 3.92. The summed E-state index contributed by atoms with van der Waals surface area (Å²) >= 11 is 0. The number of aromatic nitrogens is 1. The zero-order valence-corrected chi connectivity index (χ0v) is 16.2. The van der Waals surface area contributed by atoms with Crippen molar-refractivity contribution >= 4 is 39.9 Å². The van der Waals surface area contributed by atoms with Crippen molar-refractivity contribution in [3.8, 4) is 0 Å². The number of hydrogen-bond acceptors (Lipinski definition) is 4. The van der Waals surface area contributed by atoms with Gasteiger partial charge in [-0.05, 0) is 60.5 Å². The van der Waals surface area contributed by atoms with Crippen molar-refractivity contribution in [2.75, 3.05) is 35.8 Å². The molecule has 1 aliphatic heterocycles. The van der Waals surface area contributed by atoms with Gasteiger partial charge in [0.2, 0.25) is 5.91 Å². The molecule has 28 heavy (non-hydrogen) atoms. The number of benzene rings is 2. The molecule has 0 atom stereocenters. The summed E-state index contributed by atoms with van der Waals surface area (Å²) in [7, 11) is 3.91. The second-order valence-electron chi connectivity index (χ2n) is 7.19. The van der Waals surface area contributed by atoms with E-state index in [-0.39, 0.29) is 11.8 Å². The second kappa shape index (κ2) is 6.96. The third kappa shape index (κ3) is 3.29. The summed E-state index contributed by atoms with van der Waals surface area (Å²) in [6.07, 6.45) is 0.770. The minimum atomic E-state index is -0.165. The Kier molecular flexibility index (Phi) is 4.47. The van der Waals surface area contributed by atoms with E-state index in [2.05, 4.69) is 10.3 Å². The summed E-state index contributed by atoms with van der Waals surface area (Å²) in [6, 6.07) is 15.1. The average molecular weight is 374 g/mol. The first kappa shape index (κ1) is 18.0. The lowest BCUT2D eigenvalue weighted by Gasteiger charge is -2.15. The number of fused-ring (bicyclic) bond motifs is 2. The summed E-state index contributed by atoms with van der Waals surface area (Å²) < 4.78 is 0. The van der Waals surface area contributed by atoms with Crippen LogP contribution in [0, 0.1) is 0 Å². The first-order valence-electron chi connectivity index (χ1n) is 9.23. The van der Waals surface area contributed by atoms with Gasteiger partial charge in [0.1, 0.15) is 5.82 Å². The molecule has 0 unspecified atom stereocenters. The number of nitrogens with one attached hydrogen (secondary N) is 1. The molecule has 2 aromatic carbocycles. The second-order valence-corrected chi connectivity index (χ2v) is 7.19. The van der Waals surface area contributed by atoms with Crippen molar-refractivity contribution in [1.82, 2.24) is 4.98 Å². The van der Waals surface area contributed by atoms with Crippen LogP contribution in [0.5, 0.6) is 0 Å². The predicted octanol–water partition coefficient (Wildman–Crippen LogP) is 3.46. The molecule has 0 saturated carbocycles. The largest absolute Gasteiger partial charge is 0.363 e. The van der Waals surface area contributed by atoms with Crippen molar-refractivity contribution in [2.24, 2.45) is 0 Å². The molecule has 6 nitrogen and oxygen atoms in total. The zero-order valence-electron chi connectivity index (χ0n) is 16.2. The normalized spacial score (nSPS) is 12.8. The van der Waals surface area contributed by atoms with E-state index in [4.69, 9.17) is 0 Å². The Labute approximate surface area is 163 Å². The van der Waals surface area contributed by atoms with E-state index in [1.165, 1.54) is 0 Å². The third-order valence-electron chi connectivity index (χ3n) is 5.01. The number of carbonyl (C=O) groups is 2. The van der Waals surface area contributed by atoms with Crippen LogP contribution in [0.4, 0.5) is 17.2 Å². The number of hydrogen-bond donors (Lipinski definition) is 1. The summed E-state index contributed by atoms with van der Waals surface area (Å²) in [5.74, 6) is 0.751. The molecule has 0 bridgehead atoms. The zero-order chi connectivity index (χ0) is 19.8. The Balaban J connectivity index is 1.55. The van der Waals surface area contributed by atoms with Gasteiger partial charge in [-0.2, -0.15) is 0 Å². The van der Waals surface area contributed by atoms with Crippen LogP contribution < -0.4 is 15.1 Å². The SMILES string of the molecule is CC(=O)N1CCc2cc(C(=O)Nc3ccc4nc(N(C)C)ccc4c3)ccc21. The number of pyridine rings is 1. The topological polar surface area (TPSA) is 65.5 Å². The maximum Gasteiger partial charge on any atom is 0.255 e. The minimum Gasteiger partial charge on any atom is -0.363 e. The van der Waals surface area contributed by atoms with Crippen molar-refractivity contribution in [2.45, 2.75) is 13.3 Å². The van der Waals surface area contributed by atoms with Gasteiger partial charge in [0.05, 0.1) is 5.52 Å². The molecular formula is C22H22N4O2. The van der Waals surface area contributed by atoms with Crippen LogP contribution in [0.1, 0.15) is 22.8 Å². The molecule has 1 N–H and O–H groups in total. The first-order valence-corrected chi connectivity index (χ1v) is 9.23. The third-order valence-corrected chi connectivity index (χ3v) is 5.01. The van der Waals surface area contributed by atoms with Gasteiger partial charge in [-0.15, -0.1) is 0 Å². The van der Waals surface area contributed by atoms with Crippen LogP contribution in [0.2, 0.25) is 0 Å². The monoisotopic (exact) mass is 374 g/mol. The van der Waals surface area contributed by atoms with E-state index >= 15 is 0 Å². The van der Waals surface area contributed by atoms with E-state index in [1.807, 2.05) is 61.5 Å². The molecule has 142 valence electrons. The number of amides is 2. The van der Waals surface area contributed by atoms with Gasteiger partial charge in [-0.3, -0.25) is 9.59 Å². The predicted molar refractivity (Wildman–Crippen MR) is 112 cm³/mol. The van der Waals surface area contributed by atoms with Crippen molar-refractivity contribution in [3.63, 3.8) is 0 Å². The van der Waals surface area contributed by atoms with Gasteiger partial charge >= 0.3 is 0 Å². The van der Waals surface area contributed by atoms with Gasteiger partial charge in [0, 0.05) is 49.9 Å². The highest BCUT2D eigenvalue weighted by molar-refractivity contribution is 6.06. The highest BCUT2D eigenvalue weighted by atomic mass is 16.2. The lowest BCUT2D eigenvalue weighted by atomic mass is 10.1. The van der Waals surface area contributed by atoms with E-state index in [9.17, 15) is 9.59 Å². The molecule has 0 spiro atoms. The molecule has 0 aliphatic carbocycles. The molecule has 2 heterocycles. The van der Waals surface area contributed by atoms with Crippen molar-refractivity contribution in [1.29, 1.82) is 0 Å². The Morgan fingerprint density at radius 3 is 2.64 bits per heavy atom. The average Bonchev–Trinajstić information content (AvgIpc) is 3.11. The van der Waals surface area contributed by atoms with Crippen LogP contribution in [0.25, 0.3) is 10.9 Å². The molecule has 4 rings (SSSR count). The Bertz CT molecular complexity index is 1090. The van der Waals surface area contributed by atoms with E-state index in [1.54, 1.807) is 17.9 Å². The van der Waals surface area contributed by atoms with E-state index in [0.29, 0.717) is 12.1 Å². The number of carbonyl (C=O) groups excluding carboxylic acids is 2. The summed E-state index contributed by atoms with van der Waals surface area (Å²) in [5.41, 5.74) is 4.12. The Morgan fingerprint density at radius 1 is 1.07 bits per heavy atom. The van der Waals surface area contributed by atoms with Gasteiger partial charge < -0.3 is 15.1 Å². The lowest BCUT2D eigenvalue weighted by molar-refractivity contribution is -0.116. The van der Waals surface area contributed by atoms with Crippen LogP contribution >= 0.6 is 0 Å². The Hall–Kier alpha value is -3.41. The summed E-state index contributed by atoms with van der Waals surface area (Å²) in [4.78, 5) is 32.7. The quantitative estimate of drug-likeness (QED) is 0.762. The maximum atomic E-state index is 12.7. The highest BCUT2D eigenvalue weighted by Gasteiger charge is 2.23. The van der Waals surface area contributed by atoms with Gasteiger partial charge in [-0.1, -0.05) is 0 Å². The minimum absolute atomic E-state index is 0.0261. The van der Waals surface area contributed by atoms with Crippen LogP contribution in [-0.4, -0.2) is 37.4 Å². The number of anilines is 3. The molecule has 1 aliphatic rings. The molecule has 0 saturated heterocycles. The van der Waals surface area contributed by atoms with Gasteiger partial charge in [-0.25, -0.2) is 4.98 Å². The molecule has 0 radical (unpaired) electrons. The standard InChI is InChI=1S/C22H22N4O2/c1-14(27)26-11-10-16-12-17(4-8-20(16)26)22(28)23-18-6-7-19-15(13-18)5-9-21(24-19)25(2)3/h4-9,12-13H,10-11H2,1-3H3,(H,23,28). The lowest BCUT2D eigenvalue weighted by Crippen LogP contribution is -2.25. The van der Waals surface area contributed by atoms with Gasteiger partial charge in [0.15, 0.2) is 0 Å². The van der Waals surface area contributed by atoms with Crippen LogP contribution in [-0.2, 0) is 11.2 Å². The fraction of sp³-hybridized carbons (Fsp3) is 0.227. The van der Waals surface area contributed by atoms with E-state index < -0.39 is 0 Å². The molecule has 0 fully saturated rings. The molecule has 1 aromatic heterocycles. The molecule has 2 amide bonds. The smallest absolute Gasteiger partial charge is 0.255 e.